The maximum absolute atomic E-state index is 10.7. The zero-order valence-corrected chi connectivity index (χ0v) is 8.04. The molecule has 0 aromatic heterocycles. The molecule has 66 valence electrons. The lowest BCUT2D eigenvalue weighted by Gasteiger charge is -2.07. The molecule has 0 N–H and O–H groups in total. The number of carbonyl (C=O) groups is 1. The van der Waals surface area contributed by atoms with Gasteiger partial charge in [0, 0.05) is 0 Å². The first-order valence-corrected chi connectivity index (χ1v) is 4.45. The quantitative estimate of drug-likeness (QED) is 0.321. The van der Waals surface area contributed by atoms with Gasteiger partial charge in [-0.15, -0.1) is 6.58 Å². The molecular formula is C8H9BrO3. The Kier molecular flexibility index (Phi) is 3.34. The summed E-state index contributed by atoms with van der Waals surface area (Å²) in [6.07, 6.45) is 3.84. The highest BCUT2D eigenvalue weighted by molar-refractivity contribution is 9.09. The number of rotatable bonds is 4. The van der Waals surface area contributed by atoms with Crippen molar-refractivity contribution in [3.63, 3.8) is 0 Å². The van der Waals surface area contributed by atoms with Crippen molar-refractivity contribution in [2.24, 2.45) is 0 Å². The van der Waals surface area contributed by atoms with E-state index in [1.54, 1.807) is 6.08 Å². The number of alkyl halides is 1. The fourth-order valence-electron chi connectivity index (χ4n) is 0.743. The number of ether oxygens (including phenoxy) is 2. The van der Waals surface area contributed by atoms with Gasteiger partial charge in [0.1, 0.15) is 0 Å². The van der Waals surface area contributed by atoms with Crippen LogP contribution in [0.5, 0.6) is 0 Å². The predicted molar refractivity (Wildman–Crippen MR) is 47.7 cm³/mol. The summed E-state index contributed by atoms with van der Waals surface area (Å²) in [6, 6.07) is 0. The summed E-state index contributed by atoms with van der Waals surface area (Å²) in [4.78, 5) is 10.7. The molecule has 4 heteroatoms. The zero-order chi connectivity index (χ0) is 8.97. The zero-order valence-electron chi connectivity index (χ0n) is 6.46. The van der Waals surface area contributed by atoms with Gasteiger partial charge in [-0.2, -0.15) is 0 Å². The average Bonchev–Trinajstić information content (AvgIpc) is 2.31. The van der Waals surface area contributed by atoms with E-state index < -0.39 is 5.01 Å². The molecule has 0 saturated heterocycles. The van der Waals surface area contributed by atoms with Crippen LogP contribution in [0.3, 0.4) is 0 Å². The van der Waals surface area contributed by atoms with Crippen LogP contribution in [-0.4, -0.2) is 17.6 Å². The second kappa shape index (κ2) is 4.30. The van der Waals surface area contributed by atoms with E-state index in [1.807, 2.05) is 0 Å². The van der Waals surface area contributed by atoms with Gasteiger partial charge in [0.25, 0.3) is 0 Å². The van der Waals surface area contributed by atoms with Gasteiger partial charge < -0.3 is 9.47 Å². The highest BCUT2D eigenvalue weighted by Crippen LogP contribution is 2.21. The van der Waals surface area contributed by atoms with Crippen molar-refractivity contribution < 1.29 is 14.3 Å². The Hall–Kier alpha value is -0.770. The van der Waals surface area contributed by atoms with Crippen LogP contribution in [0.4, 0.5) is 0 Å². The Labute approximate surface area is 79.2 Å². The summed E-state index contributed by atoms with van der Waals surface area (Å²) >= 11 is 3.14. The van der Waals surface area contributed by atoms with E-state index >= 15 is 0 Å². The minimum Gasteiger partial charge on any atom is -0.492 e. The number of esters is 1. The Morgan fingerprint density at radius 1 is 1.83 bits per heavy atom. The molecule has 0 aliphatic carbocycles. The Morgan fingerprint density at radius 3 is 3.08 bits per heavy atom. The summed E-state index contributed by atoms with van der Waals surface area (Å²) < 4.78 is 9.96. The van der Waals surface area contributed by atoms with E-state index in [2.05, 4.69) is 22.5 Å². The molecule has 0 aromatic rings. The average molecular weight is 233 g/mol. The first-order valence-electron chi connectivity index (χ1n) is 3.54. The summed E-state index contributed by atoms with van der Waals surface area (Å²) in [5, 5.41) is -0.421. The van der Waals surface area contributed by atoms with Crippen LogP contribution in [0, 0.1) is 0 Å². The van der Waals surface area contributed by atoms with Crippen molar-refractivity contribution in [3.05, 3.63) is 24.5 Å². The maximum atomic E-state index is 10.7. The van der Waals surface area contributed by atoms with Crippen molar-refractivity contribution in [1.29, 1.82) is 0 Å². The summed E-state index contributed by atoms with van der Waals surface area (Å²) in [5.41, 5.74) is 0. The second-order valence-electron chi connectivity index (χ2n) is 2.23. The van der Waals surface area contributed by atoms with E-state index in [4.69, 9.17) is 9.47 Å². The number of carbonyl (C=O) groups excluding carboxylic acids is 1. The third-order valence-electron chi connectivity index (χ3n) is 1.29. The lowest BCUT2D eigenvalue weighted by molar-refractivity contribution is -0.136. The van der Waals surface area contributed by atoms with Gasteiger partial charge in [-0.25, -0.2) is 4.79 Å². The number of hydrogen-bond acceptors (Lipinski definition) is 3. The third kappa shape index (κ3) is 2.37. The lowest BCUT2D eigenvalue weighted by atomic mass is 10.4. The third-order valence-corrected chi connectivity index (χ3v) is 1.93. The second-order valence-corrected chi connectivity index (χ2v) is 3.06. The van der Waals surface area contributed by atoms with Crippen LogP contribution in [0.1, 0.15) is 6.42 Å². The van der Waals surface area contributed by atoms with Crippen molar-refractivity contribution in [3.8, 4) is 0 Å². The number of hydrogen-bond donors (Lipinski definition) is 0. The Morgan fingerprint density at radius 2 is 2.58 bits per heavy atom. The van der Waals surface area contributed by atoms with Gasteiger partial charge in [-0.1, -0.05) is 6.08 Å². The summed E-state index contributed by atoms with van der Waals surface area (Å²) in [7, 11) is 0. The van der Waals surface area contributed by atoms with Crippen molar-refractivity contribution in [2.45, 2.75) is 11.4 Å². The predicted octanol–water partition coefficient (Wildman–Crippen LogP) is 1.74. The van der Waals surface area contributed by atoms with Crippen molar-refractivity contribution >= 4 is 21.9 Å². The monoisotopic (exact) mass is 232 g/mol. The molecule has 1 atom stereocenters. The molecule has 0 aromatic carbocycles. The van der Waals surface area contributed by atoms with Gasteiger partial charge in [0.15, 0.2) is 5.76 Å². The molecule has 0 amide bonds. The van der Waals surface area contributed by atoms with E-state index in [1.165, 1.54) is 6.08 Å². The van der Waals surface area contributed by atoms with E-state index in [9.17, 15) is 4.79 Å². The van der Waals surface area contributed by atoms with Gasteiger partial charge in [-0.05, 0) is 22.4 Å². The summed E-state index contributed by atoms with van der Waals surface area (Å²) in [5.74, 6) is 0.160. The van der Waals surface area contributed by atoms with Crippen LogP contribution in [0.25, 0.3) is 0 Å². The van der Waals surface area contributed by atoms with Crippen LogP contribution in [0.15, 0.2) is 24.5 Å². The molecule has 3 nitrogen and oxygen atoms in total. The molecule has 1 heterocycles. The van der Waals surface area contributed by atoms with E-state index in [-0.39, 0.29) is 5.97 Å². The van der Waals surface area contributed by atoms with Gasteiger partial charge in [0.05, 0.1) is 12.7 Å². The topological polar surface area (TPSA) is 35.5 Å². The molecule has 12 heavy (non-hydrogen) atoms. The van der Waals surface area contributed by atoms with Crippen LogP contribution in [0.2, 0.25) is 0 Å². The molecule has 0 bridgehead atoms. The normalized spacial score (nSPS) is 21.6. The fraction of sp³-hybridized carbons (Fsp3) is 0.375. The molecule has 0 saturated carbocycles. The molecule has 1 rings (SSSR count). The molecule has 1 aliphatic rings. The number of halogens is 1. The van der Waals surface area contributed by atoms with Crippen LogP contribution >= 0.6 is 15.9 Å². The summed E-state index contributed by atoms with van der Waals surface area (Å²) in [6.45, 7) is 4.07. The van der Waals surface area contributed by atoms with Crippen LogP contribution < -0.4 is 0 Å². The first-order chi connectivity index (χ1) is 5.74. The minimum atomic E-state index is -0.421. The van der Waals surface area contributed by atoms with Gasteiger partial charge >= 0.3 is 5.97 Å². The standard InChI is InChI=1S/C8H9BrO3/c1-2-3-4-11-6-5-7(10)12-8(6)9/h2,5,8H,1,3-4H2. The van der Waals surface area contributed by atoms with E-state index in [0.29, 0.717) is 12.4 Å². The number of cyclic esters (lactones) is 1. The van der Waals surface area contributed by atoms with E-state index in [0.717, 1.165) is 6.42 Å². The largest absolute Gasteiger partial charge is 0.492 e. The smallest absolute Gasteiger partial charge is 0.335 e. The molecule has 0 fully saturated rings. The fourth-order valence-corrected chi connectivity index (χ4v) is 1.19. The molecule has 1 aliphatic heterocycles. The molecule has 1 unspecified atom stereocenters. The molecule has 0 radical (unpaired) electrons. The minimum absolute atomic E-state index is 0.370. The maximum Gasteiger partial charge on any atom is 0.335 e. The SMILES string of the molecule is C=CCCOC1=CC(=O)OC1Br. The first kappa shape index (κ1) is 9.32. The van der Waals surface area contributed by atoms with Crippen LogP contribution in [-0.2, 0) is 14.3 Å². The van der Waals surface area contributed by atoms with Gasteiger partial charge in [0.2, 0.25) is 5.01 Å². The highest BCUT2D eigenvalue weighted by atomic mass is 79.9. The Bertz CT molecular complexity index is 222. The lowest BCUT2D eigenvalue weighted by Crippen LogP contribution is -2.05. The molecular weight excluding hydrogens is 224 g/mol. The van der Waals surface area contributed by atoms with Gasteiger partial charge in [-0.3, -0.25) is 0 Å². The molecule has 0 spiro atoms. The Balaban J connectivity index is 2.36. The highest BCUT2D eigenvalue weighted by Gasteiger charge is 2.24. The van der Waals surface area contributed by atoms with Crippen molar-refractivity contribution in [1.82, 2.24) is 0 Å². The van der Waals surface area contributed by atoms with Crippen molar-refractivity contribution in [2.75, 3.05) is 6.61 Å².